The van der Waals surface area contributed by atoms with Crippen LogP contribution in [0.3, 0.4) is 0 Å². The molecular weight excluding hydrogens is 330 g/mol. The van der Waals surface area contributed by atoms with Gasteiger partial charge in [-0.2, -0.15) is 0 Å². The summed E-state index contributed by atoms with van der Waals surface area (Å²) in [7, 11) is 0. The van der Waals surface area contributed by atoms with Crippen molar-refractivity contribution in [2.75, 3.05) is 0 Å². The van der Waals surface area contributed by atoms with Crippen LogP contribution in [0, 0.1) is 17.8 Å². The molecule has 0 radical (unpaired) electrons. The Hall–Kier alpha value is -1.26. The van der Waals surface area contributed by atoms with E-state index in [-0.39, 0.29) is 24.0 Å². The molecule has 150 valence electrons. The molecular formula is C21H37NO4. The molecule has 2 aliphatic rings. The van der Waals surface area contributed by atoms with E-state index in [1.54, 1.807) is 0 Å². The molecule has 2 rings (SSSR count). The molecule has 0 aromatic carbocycles. The lowest BCUT2D eigenvalue weighted by Crippen LogP contribution is -2.46. The third kappa shape index (κ3) is 6.17. The molecule has 4 atom stereocenters. The highest BCUT2D eigenvalue weighted by Crippen LogP contribution is 2.35. The van der Waals surface area contributed by atoms with Gasteiger partial charge in [0.1, 0.15) is 11.7 Å². The van der Waals surface area contributed by atoms with E-state index >= 15 is 0 Å². The summed E-state index contributed by atoms with van der Waals surface area (Å²) < 4.78 is 11.2. The Bertz CT molecular complexity index is 479. The van der Waals surface area contributed by atoms with Gasteiger partial charge in [-0.15, -0.1) is 0 Å². The number of carbonyl (C=O) groups is 2. The van der Waals surface area contributed by atoms with Crippen LogP contribution in [-0.4, -0.2) is 29.8 Å². The number of alkyl carbamates (subject to hydrolysis) is 1. The smallest absolute Gasteiger partial charge is 0.408 e. The third-order valence-electron chi connectivity index (χ3n) is 5.85. The quantitative estimate of drug-likeness (QED) is 0.683. The number of esters is 1. The van der Waals surface area contributed by atoms with E-state index in [1.807, 2.05) is 20.8 Å². The molecule has 1 aliphatic heterocycles. The molecule has 2 fully saturated rings. The van der Waals surface area contributed by atoms with Crippen molar-refractivity contribution in [1.29, 1.82) is 0 Å². The minimum atomic E-state index is -0.537. The van der Waals surface area contributed by atoms with Crippen molar-refractivity contribution < 1.29 is 19.1 Å². The van der Waals surface area contributed by atoms with Gasteiger partial charge in [-0.25, -0.2) is 4.79 Å². The van der Waals surface area contributed by atoms with E-state index in [1.165, 1.54) is 32.1 Å². The van der Waals surface area contributed by atoms with E-state index in [0.29, 0.717) is 18.3 Å². The number of cyclic esters (lactones) is 1. The van der Waals surface area contributed by atoms with Gasteiger partial charge in [0.25, 0.3) is 0 Å². The highest BCUT2D eigenvalue weighted by molar-refractivity contribution is 5.75. The van der Waals surface area contributed by atoms with Gasteiger partial charge in [0.2, 0.25) is 0 Å². The van der Waals surface area contributed by atoms with Crippen LogP contribution in [0.15, 0.2) is 0 Å². The maximum atomic E-state index is 12.3. The molecule has 5 nitrogen and oxygen atoms in total. The highest BCUT2D eigenvalue weighted by atomic mass is 16.6. The van der Waals surface area contributed by atoms with Crippen molar-refractivity contribution in [3.05, 3.63) is 0 Å². The maximum Gasteiger partial charge on any atom is 0.408 e. The van der Waals surface area contributed by atoms with Gasteiger partial charge in [-0.1, -0.05) is 52.4 Å². The minimum absolute atomic E-state index is 0.0562. The van der Waals surface area contributed by atoms with E-state index in [2.05, 4.69) is 19.2 Å². The first kappa shape index (κ1) is 21.0. The van der Waals surface area contributed by atoms with Crippen molar-refractivity contribution in [2.24, 2.45) is 17.8 Å². The zero-order valence-electron chi connectivity index (χ0n) is 17.2. The van der Waals surface area contributed by atoms with Crippen molar-refractivity contribution >= 4 is 12.1 Å². The fraction of sp³-hybridized carbons (Fsp3) is 0.905. The van der Waals surface area contributed by atoms with E-state index in [0.717, 1.165) is 12.8 Å². The minimum Gasteiger partial charge on any atom is -0.460 e. The average molecular weight is 368 g/mol. The van der Waals surface area contributed by atoms with Crippen LogP contribution in [0.5, 0.6) is 0 Å². The fourth-order valence-electron chi connectivity index (χ4n) is 4.17. The number of rotatable bonds is 6. The lowest BCUT2D eigenvalue weighted by atomic mass is 9.82. The molecule has 0 aromatic rings. The van der Waals surface area contributed by atoms with Crippen molar-refractivity contribution in [3.8, 4) is 0 Å². The SMILES string of the molecule is CCC(C)[C@@H]1C[C@@H](C(CC2CCCCC2)NC(=O)OC(C)(C)C)OC1=O. The van der Waals surface area contributed by atoms with Gasteiger partial charge in [-0.05, 0) is 45.4 Å². The molecule has 1 heterocycles. The number of hydrogen-bond acceptors (Lipinski definition) is 4. The normalized spacial score (nSPS) is 26.9. The summed E-state index contributed by atoms with van der Waals surface area (Å²) in [4.78, 5) is 24.7. The zero-order chi connectivity index (χ0) is 19.3. The largest absolute Gasteiger partial charge is 0.460 e. The number of carbonyl (C=O) groups excluding carboxylic acids is 2. The summed E-state index contributed by atoms with van der Waals surface area (Å²) >= 11 is 0. The first-order chi connectivity index (χ1) is 12.2. The van der Waals surface area contributed by atoms with Crippen LogP contribution < -0.4 is 5.32 Å². The Morgan fingerprint density at radius 2 is 1.92 bits per heavy atom. The number of amides is 1. The molecule has 5 heteroatoms. The Kier molecular flexibility index (Phi) is 7.36. The third-order valence-corrected chi connectivity index (χ3v) is 5.85. The molecule has 0 spiro atoms. The van der Waals surface area contributed by atoms with Crippen LogP contribution in [0.25, 0.3) is 0 Å². The molecule has 1 saturated carbocycles. The first-order valence-corrected chi connectivity index (χ1v) is 10.4. The Labute approximate surface area is 158 Å². The second-order valence-corrected chi connectivity index (χ2v) is 9.20. The van der Waals surface area contributed by atoms with Crippen molar-refractivity contribution in [3.63, 3.8) is 0 Å². The topological polar surface area (TPSA) is 64.6 Å². The number of nitrogens with one attached hydrogen (secondary N) is 1. The summed E-state index contributed by atoms with van der Waals surface area (Å²) in [5.74, 6) is 0.734. The Balaban J connectivity index is 2.04. The lowest BCUT2D eigenvalue weighted by Gasteiger charge is -2.31. The van der Waals surface area contributed by atoms with Crippen LogP contribution in [0.1, 0.15) is 86.0 Å². The summed E-state index contributed by atoms with van der Waals surface area (Å²) in [6.45, 7) is 9.78. The number of ether oxygens (including phenoxy) is 2. The first-order valence-electron chi connectivity index (χ1n) is 10.4. The highest BCUT2D eigenvalue weighted by Gasteiger charge is 2.42. The summed E-state index contributed by atoms with van der Waals surface area (Å²) in [6, 6.07) is -0.161. The van der Waals surface area contributed by atoms with E-state index in [9.17, 15) is 9.59 Å². The van der Waals surface area contributed by atoms with Gasteiger partial charge >= 0.3 is 12.1 Å². The van der Waals surface area contributed by atoms with Crippen LogP contribution in [0.4, 0.5) is 4.79 Å². The van der Waals surface area contributed by atoms with E-state index in [4.69, 9.17) is 9.47 Å². The molecule has 26 heavy (non-hydrogen) atoms. The second kappa shape index (κ2) is 9.09. The van der Waals surface area contributed by atoms with Gasteiger partial charge in [0, 0.05) is 0 Å². The Morgan fingerprint density at radius 3 is 2.50 bits per heavy atom. The predicted octanol–water partition coefficient (Wildman–Crippen LogP) is 4.83. The van der Waals surface area contributed by atoms with Crippen molar-refractivity contribution in [2.45, 2.75) is 104 Å². The molecule has 0 bridgehead atoms. The molecule has 0 aromatic heterocycles. The van der Waals surface area contributed by atoms with Crippen molar-refractivity contribution in [1.82, 2.24) is 5.32 Å². The summed E-state index contributed by atoms with van der Waals surface area (Å²) in [6.07, 6.45) is 8.06. The van der Waals surface area contributed by atoms with Gasteiger partial charge in [0.05, 0.1) is 12.0 Å². The molecule has 1 saturated heterocycles. The van der Waals surface area contributed by atoms with Crippen LogP contribution in [-0.2, 0) is 14.3 Å². The monoisotopic (exact) mass is 367 g/mol. The fourth-order valence-corrected chi connectivity index (χ4v) is 4.17. The molecule has 1 N–H and O–H groups in total. The van der Waals surface area contributed by atoms with Gasteiger partial charge < -0.3 is 14.8 Å². The standard InChI is InChI=1S/C21H37NO4/c1-6-14(2)16-13-18(25-19(16)23)17(12-15-10-8-7-9-11-15)22-20(24)26-21(3,4)5/h14-18H,6-13H2,1-5H3,(H,22,24)/t14?,16-,17?,18-/m0/s1. The van der Waals surface area contributed by atoms with Crippen LogP contribution in [0.2, 0.25) is 0 Å². The number of hydrogen-bond donors (Lipinski definition) is 1. The average Bonchev–Trinajstić information content (AvgIpc) is 2.94. The van der Waals surface area contributed by atoms with E-state index < -0.39 is 11.7 Å². The van der Waals surface area contributed by atoms with Gasteiger partial charge in [-0.3, -0.25) is 4.79 Å². The van der Waals surface area contributed by atoms with Gasteiger partial charge in [0.15, 0.2) is 0 Å². The molecule has 1 aliphatic carbocycles. The molecule has 1 amide bonds. The van der Waals surface area contributed by atoms with Crippen LogP contribution >= 0.6 is 0 Å². The Morgan fingerprint density at radius 1 is 1.27 bits per heavy atom. The summed E-state index contributed by atoms with van der Waals surface area (Å²) in [5.41, 5.74) is -0.537. The second-order valence-electron chi connectivity index (χ2n) is 9.20. The molecule has 2 unspecified atom stereocenters. The lowest BCUT2D eigenvalue weighted by molar-refractivity contribution is -0.146. The summed E-state index contributed by atoms with van der Waals surface area (Å²) in [5, 5.41) is 3.02. The predicted molar refractivity (Wildman–Crippen MR) is 102 cm³/mol. The maximum absolute atomic E-state index is 12.3. The zero-order valence-corrected chi connectivity index (χ0v) is 17.2.